The molecule has 2 N–H and O–H groups in total. The molecular formula is C17H28N2O. The Kier molecular flexibility index (Phi) is 5.06. The first-order valence-electron chi connectivity index (χ1n) is 7.87. The molecule has 0 amide bonds. The number of aliphatic hydroxyl groups is 1. The minimum Gasteiger partial charge on any atom is -0.388 e. The highest BCUT2D eigenvalue weighted by Crippen LogP contribution is 2.32. The third kappa shape index (κ3) is 3.53. The van der Waals surface area contributed by atoms with Crippen molar-refractivity contribution in [2.45, 2.75) is 51.7 Å². The lowest BCUT2D eigenvalue weighted by Crippen LogP contribution is -2.46. The molecule has 1 aromatic carbocycles. The highest BCUT2D eigenvalue weighted by atomic mass is 16.3. The number of nitrogens with one attached hydrogen (secondary N) is 1. The van der Waals surface area contributed by atoms with Crippen LogP contribution in [0.2, 0.25) is 0 Å². The molecule has 1 saturated heterocycles. The molecule has 0 aromatic heterocycles. The van der Waals surface area contributed by atoms with Crippen LogP contribution < -0.4 is 10.2 Å². The number of nitrogens with zero attached hydrogens (tertiary/aromatic N) is 1. The molecule has 112 valence electrons. The van der Waals surface area contributed by atoms with Crippen LogP contribution in [0.25, 0.3) is 0 Å². The number of piperidine rings is 1. The molecule has 3 nitrogen and oxygen atoms in total. The predicted octanol–water partition coefficient (Wildman–Crippen LogP) is 3.10. The smallest absolute Gasteiger partial charge is 0.0794 e. The Balaban J connectivity index is 2.27. The highest BCUT2D eigenvalue weighted by Gasteiger charge is 2.29. The van der Waals surface area contributed by atoms with E-state index >= 15 is 0 Å². The van der Waals surface area contributed by atoms with Gasteiger partial charge in [0.15, 0.2) is 0 Å². The number of hydrogen-bond acceptors (Lipinski definition) is 3. The highest BCUT2D eigenvalue weighted by molar-refractivity contribution is 5.55. The van der Waals surface area contributed by atoms with Gasteiger partial charge >= 0.3 is 0 Å². The van der Waals surface area contributed by atoms with Crippen LogP contribution in [0.3, 0.4) is 0 Å². The van der Waals surface area contributed by atoms with Crippen LogP contribution in [-0.4, -0.2) is 30.3 Å². The molecule has 0 bridgehead atoms. The fourth-order valence-corrected chi connectivity index (χ4v) is 3.22. The summed E-state index contributed by atoms with van der Waals surface area (Å²) in [7, 11) is 0. The van der Waals surface area contributed by atoms with Crippen molar-refractivity contribution in [3.05, 3.63) is 29.8 Å². The molecule has 0 saturated carbocycles. The second-order valence-corrected chi connectivity index (χ2v) is 6.10. The maximum Gasteiger partial charge on any atom is 0.0794 e. The van der Waals surface area contributed by atoms with Crippen molar-refractivity contribution in [3.63, 3.8) is 0 Å². The lowest BCUT2D eigenvalue weighted by atomic mass is 9.93. The van der Waals surface area contributed by atoms with Gasteiger partial charge in [0.2, 0.25) is 0 Å². The summed E-state index contributed by atoms with van der Waals surface area (Å²) < 4.78 is 0. The summed E-state index contributed by atoms with van der Waals surface area (Å²) in [5, 5.41) is 13.9. The first-order valence-corrected chi connectivity index (χ1v) is 7.87. The molecule has 1 aromatic rings. The van der Waals surface area contributed by atoms with E-state index in [1.165, 1.54) is 11.3 Å². The first kappa shape index (κ1) is 15.3. The summed E-state index contributed by atoms with van der Waals surface area (Å²) in [6, 6.07) is 9.01. The van der Waals surface area contributed by atoms with Crippen molar-refractivity contribution < 1.29 is 5.11 Å². The number of benzene rings is 1. The van der Waals surface area contributed by atoms with Gasteiger partial charge < -0.3 is 15.3 Å². The van der Waals surface area contributed by atoms with E-state index in [1.54, 1.807) is 0 Å². The summed E-state index contributed by atoms with van der Waals surface area (Å²) in [6.45, 7) is 9.06. The van der Waals surface area contributed by atoms with E-state index in [9.17, 15) is 5.11 Å². The lowest BCUT2D eigenvalue weighted by Gasteiger charge is -2.39. The fraction of sp³-hybridized carbons (Fsp3) is 0.647. The number of hydrogen-bond donors (Lipinski definition) is 2. The Morgan fingerprint density at radius 1 is 1.35 bits per heavy atom. The third-order valence-electron chi connectivity index (χ3n) is 4.19. The maximum atomic E-state index is 10.3. The van der Waals surface area contributed by atoms with Crippen molar-refractivity contribution in [3.8, 4) is 0 Å². The average Bonchev–Trinajstić information content (AvgIpc) is 2.44. The van der Waals surface area contributed by atoms with Crippen LogP contribution in [0.1, 0.15) is 51.6 Å². The average molecular weight is 276 g/mol. The van der Waals surface area contributed by atoms with Gasteiger partial charge in [0, 0.05) is 24.8 Å². The van der Waals surface area contributed by atoms with Crippen LogP contribution in [0.5, 0.6) is 0 Å². The molecular weight excluding hydrogens is 248 g/mol. The maximum absolute atomic E-state index is 10.3. The van der Waals surface area contributed by atoms with Gasteiger partial charge in [-0.3, -0.25) is 0 Å². The van der Waals surface area contributed by atoms with E-state index in [0.29, 0.717) is 6.04 Å². The van der Waals surface area contributed by atoms with Crippen molar-refractivity contribution in [2.24, 2.45) is 0 Å². The minimum atomic E-state index is -0.564. The van der Waals surface area contributed by atoms with E-state index in [0.717, 1.165) is 38.9 Å². The predicted molar refractivity (Wildman–Crippen MR) is 85.2 cm³/mol. The van der Waals surface area contributed by atoms with E-state index in [-0.39, 0.29) is 0 Å². The van der Waals surface area contributed by atoms with E-state index in [4.69, 9.17) is 0 Å². The zero-order valence-electron chi connectivity index (χ0n) is 13.0. The summed E-state index contributed by atoms with van der Waals surface area (Å²) >= 11 is 0. The van der Waals surface area contributed by atoms with E-state index in [1.807, 2.05) is 6.92 Å². The molecule has 3 heteroatoms. The minimum absolute atomic E-state index is 0.392. The quantitative estimate of drug-likeness (QED) is 0.867. The van der Waals surface area contributed by atoms with Crippen LogP contribution in [0.4, 0.5) is 5.69 Å². The van der Waals surface area contributed by atoms with Gasteiger partial charge in [-0.25, -0.2) is 0 Å². The topological polar surface area (TPSA) is 35.5 Å². The SMILES string of the molecule is CCNC(CC)c1ccccc1N1CCCC(C)(O)C1. The van der Waals surface area contributed by atoms with E-state index in [2.05, 4.69) is 48.3 Å². The number of rotatable bonds is 5. The zero-order chi connectivity index (χ0) is 14.6. The Hall–Kier alpha value is -1.06. The molecule has 1 fully saturated rings. The first-order chi connectivity index (χ1) is 9.57. The van der Waals surface area contributed by atoms with Gasteiger partial charge in [0.25, 0.3) is 0 Å². The standard InChI is InChI=1S/C17H28N2O/c1-4-15(18-5-2)14-9-6-7-10-16(14)19-12-8-11-17(3,20)13-19/h6-7,9-10,15,18,20H,4-5,8,11-13H2,1-3H3. The molecule has 0 spiro atoms. The van der Waals surface area contributed by atoms with Gasteiger partial charge in [-0.2, -0.15) is 0 Å². The van der Waals surface area contributed by atoms with Crippen LogP contribution >= 0.6 is 0 Å². The van der Waals surface area contributed by atoms with Crippen molar-refractivity contribution in [1.82, 2.24) is 5.32 Å². The molecule has 2 rings (SSSR count). The second-order valence-electron chi connectivity index (χ2n) is 6.10. The van der Waals surface area contributed by atoms with Gasteiger partial charge in [-0.15, -0.1) is 0 Å². The molecule has 1 aliphatic rings. The molecule has 2 unspecified atom stereocenters. The van der Waals surface area contributed by atoms with Crippen LogP contribution in [-0.2, 0) is 0 Å². The van der Waals surface area contributed by atoms with E-state index < -0.39 is 5.60 Å². The van der Waals surface area contributed by atoms with Crippen molar-refractivity contribution in [1.29, 1.82) is 0 Å². The summed E-state index contributed by atoms with van der Waals surface area (Å²) in [5.41, 5.74) is 2.07. The molecule has 1 heterocycles. The van der Waals surface area contributed by atoms with Gasteiger partial charge in [0.05, 0.1) is 5.60 Å². The second kappa shape index (κ2) is 6.59. The monoisotopic (exact) mass is 276 g/mol. The number of β-amino-alcohol motifs (C(OH)–C–C–N with tert-alkyl or cyclic N) is 1. The molecule has 2 atom stereocenters. The third-order valence-corrected chi connectivity index (χ3v) is 4.19. The van der Waals surface area contributed by atoms with Gasteiger partial charge in [-0.1, -0.05) is 32.0 Å². The number of para-hydroxylation sites is 1. The summed E-state index contributed by atoms with van der Waals surface area (Å²) in [4.78, 5) is 2.35. The Morgan fingerprint density at radius 2 is 2.10 bits per heavy atom. The molecule has 0 radical (unpaired) electrons. The van der Waals surface area contributed by atoms with Gasteiger partial charge in [-0.05, 0) is 44.4 Å². The van der Waals surface area contributed by atoms with Crippen molar-refractivity contribution >= 4 is 5.69 Å². The largest absolute Gasteiger partial charge is 0.388 e. The Labute approximate surface area is 123 Å². The zero-order valence-corrected chi connectivity index (χ0v) is 13.0. The van der Waals surface area contributed by atoms with Gasteiger partial charge in [0.1, 0.15) is 0 Å². The lowest BCUT2D eigenvalue weighted by molar-refractivity contribution is 0.0448. The van der Waals surface area contributed by atoms with Crippen LogP contribution in [0, 0.1) is 0 Å². The summed E-state index contributed by atoms with van der Waals surface area (Å²) in [5.74, 6) is 0. The molecule has 0 aliphatic carbocycles. The van der Waals surface area contributed by atoms with Crippen molar-refractivity contribution in [2.75, 3.05) is 24.5 Å². The summed E-state index contributed by atoms with van der Waals surface area (Å²) in [6.07, 6.45) is 3.03. The molecule has 20 heavy (non-hydrogen) atoms. The fourth-order valence-electron chi connectivity index (χ4n) is 3.22. The number of anilines is 1. The Morgan fingerprint density at radius 3 is 2.75 bits per heavy atom. The molecule has 1 aliphatic heterocycles. The van der Waals surface area contributed by atoms with Crippen LogP contribution in [0.15, 0.2) is 24.3 Å². The Bertz CT molecular complexity index is 431. The normalized spacial score (nSPS) is 24.7.